The fourth-order valence-corrected chi connectivity index (χ4v) is 1.17. The lowest BCUT2D eigenvalue weighted by molar-refractivity contribution is -0.145. The maximum atomic E-state index is 12.2. The molecule has 0 aromatic carbocycles. The van der Waals surface area contributed by atoms with Crippen molar-refractivity contribution in [3.05, 3.63) is 0 Å². The zero-order valence-electron chi connectivity index (χ0n) is 9.63. The molecule has 0 aliphatic heterocycles. The Morgan fingerprint density at radius 2 is 1.88 bits per heavy atom. The van der Waals surface area contributed by atoms with Crippen molar-refractivity contribution in [2.75, 3.05) is 19.6 Å². The van der Waals surface area contributed by atoms with Crippen molar-refractivity contribution >= 4 is 11.8 Å². The first-order chi connectivity index (χ1) is 7.52. The molecule has 0 aliphatic carbocycles. The lowest BCUT2D eigenvalue weighted by Crippen LogP contribution is -2.43. The third kappa shape index (κ3) is 5.63. The number of carbonyl (C=O) groups is 2. The van der Waals surface area contributed by atoms with Gasteiger partial charge in [0.15, 0.2) is 0 Å². The molecule has 0 radical (unpaired) electrons. The Morgan fingerprint density at radius 3 is 2.31 bits per heavy atom. The van der Waals surface area contributed by atoms with Gasteiger partial charge in [-0.15, -0.1) is 0 Å². The van der Waals surface area contributed by atoms with E-state index in [1.54, 1.807) is 6.92 Å². The number of rotatable bonds is 7. The molecule has 0 fully saturated rings. The van der Waals surface area contributed by atoms with Gasteiger partial charge in [0.05, 0.1) is 6.54 Å². The Hall–Kier alpha value is -1.20. The number of nitrogens with zero attached hydrogens (tertiary/aromatic N) is 1. The summed E-state index contributed by atoms with van der Waals surface area (Å²) in [4.78, 5) is 23.2. The second kappa shape index (κ2) is 8.01. The summed E-state index contributed by atoms with van der Waals surface area (Å²) >= 11 is 0. The zero-order valence-corrected chi connectivity index (χ0v) is 9.63. The van der Waals surface area contributed by atoms with Crippen molar-refractivity contribution in [2.45, 2.75) is 33.1 Å². The van der Waals surface area contributed by atoms with E-state index in [0.717, 1.165) is 11.3 Å². The van der Waals surface area contributed by atoms with Crippen molar-refractivity contribution in [1.29, 1.82) is 0 Å². The lowest BCUT2D eigenvalue weighted by atomic mass is 10.3. The minimum Gasteiger partial charge on any atom is -0.355 e. The average Bonchev–Trinajstić information content (AvgIpc) is 2.24. The van der Waals surface area contributed by atoms with Crippen LogP contribution in [0.2, 0.25) is 0 Å². The van der Waals surface area contributed by atoms with E-state index in [-0.39, 0.29) is 13.1 Å². The van der Waals surface area contributed by atoms with Crippen molar-refractivity contribution in [1.82, 2.24) is 10.2 Å². The van der Waals surface area contributed by atoms with Crippen LogP contribution in [-0.4, -0.2) is 42.8 Å². The van der Waals surface area contributed by atoms with Gasteiger partial charge in [-0.3, -0.25) is 9.59 Å². The number of amides is 2. The highest BCUT2D eigenvalue weighted by Gasteiger charge is 2.24. The van der Waals surface area contributed by atoms with Gasteiger partial charge in [-0.1, -0.05) is 13.8 Å². The molecule has 0 aromatic heterocycles. The Kier molecular flexibility index (Phi) is 7.41. The van der Waals surface area contributed by atoms with Crippen molar-refractivity contribution in [3.8, 4) is 0 Å². The molecule has 0 rings (SSSR count). The van der Waals surface area contributed by atoms with E-state index >= 15 is 0 Å². The number of hydrogen-bond acceptors (Lipinski definition) is 2. The van der Waals surface area contributed by atoms with Crippen LogP contribution in [-0.2, 0) is 9.59 Å². The molecule has 16 heavy (non-hydrogen) atoms. The van der Waals surface area contributed by atoms with Crippen LogP contribution in [0.3, 0.4) is 0 Å². The fourth-order valence-electron chi connectivity index (χ4n) is 1.17. The summed E-state index contributed by atoms with van der Waals surface area (Å²) in [6, 6.07) is 0. The van der Waals surface area contributed by atoms with Gasteiger partial charge < -0.3 is 10.2 Å². The molecule has 0 heterocycles. The molecule has 1 N–H and O–H groups in total. The molecular weight excluding hydrogens is 218 g/mol. The molecule has 0 saturated carbocycles. The fraction of sp³-hybridized carbons (Fsp3) is 0.800. The van der Waals surface area contributed by atoms with Crippen LogP contribution in [0.5, 0.6) is 0 Å². The second-order valence-electron chi connectivity index (χ2n) is 3.41. The van der Waals surface area contributed by atoms with Gasteiger partial charge in [-0.25, -0.2) is 0 Å². The van der Waals surface area contributed by atoms with Crippen LogP contribution in [0.25, 0.3) is 0 Å². The molecule has 0 aromatic rings. The molecule has 0 saturated heterocycles. The summed E-state index contributed by atoms with van der Waals surface area (Å²) in [5.74, 6) is -1.68. The lowest BCUT2D eigenvalue weighted by Gasteiger charge is -2.20. The molecule has 0 spiro atoms. The van der Waals surface area contributed by atoms with Gasteiger partial charge in [0.1, 0.15) is 0 Å². The van der Waals surface area contributed by atoms with E-state index in [2.05, 4.69) is 5.32 Å². The van der Waals surface area contributed by atoms with Crippen LogP contribution in [0, 0.1) is 0 Å². The number of hydrogen-bond donors (Lipinski definition) is 1. The maximum Gasteiger partial charge on any atom is 0.315 e. The highest BCUT2D eigenvalue weighted by molar-refractivity contribution is 5.86. The number of carbonyl (C=O) groups excluding carboxylic acids is 2. The van der Waals surface area contributed by atoms with Crippen LogP contribution in [0.4, 0.5) is 8.78 Å². The molecule has 6 heteroatoms. The number of nitrogens with one attached hydrogen (secondary N) is 1. The van der Waals surface area contributed by atoms with Gasteiger partial charge in [0, 0.05) is 13.1 Å². The van der Waals surface area contributed by atoms with Crippen molar-refractivity contribution in [2.24, 2.45) is 0 Å². The summed E-state index contributed by atoms with van der Waals surface area (Å²) in [6.07, 6.45) is -1.74. The Labute approximate surface area is 94.0 Å². The molecule has 0 bridgehead atoms. The Bertz CT molecular complexity index is 235. The number of alkyl halides is 2. The van der Waals surface area contributed by atoms with Gasteiger partial charge in [0.25, 0.3) is 5.91 Å². The summed E-state index contributed by atoms with van der Waals surface area (Å²) in [5.41, 5.74) is 0. The number of halogens is 2. The maximum absolute atomic E-state index is 12.2. The smallest absolute Gasteiger partial charge is 0.315 e. The van der Waals surface area contributed by atoms with Crippen LogP contribution in [0.1, 0.15) is 26.7 Å². The minimum atomic E-state index is -3.05. The predicted molar refractivity (Wildman–Crippen MR) is 56.2 cm³/mol. The predicted octanol–water partition coefficient (Wildman–Crippen LogP) is 1.02. The molecule has 2 amide bonds. The molecular formula is C10H18F2N2O2. The van der Waals surface area contributed by atoms with Gasteiger partial charge in [-0.2, -0.15) is 8.78 Å². The third-order valence-corrected chi connectivity index (χ3v) is 1.90. The van der Waals surface area contributed by atoms with E-state index in [4.69, 9.17) is 0 Å². The normalized spacial score (nSPS) is 10.3. The highest BCUT2D eigenvalue weighted by atomic mass is 19.3. The molecule has 0 aliphatic rings. The first-order valence-corrected chi connectivity index (χ1v) is 5.36. The van der Waals surface area contributed by atoms with E-state index in [0.29, 0.717) is 13.0 Å². The summed E-state index contributed by atoms with van der Waals surface area (Å²) < 4.78 is 24.4. The molecule has 94 valence electrons. The second-order valence-corrected chi connectivity index (χ2v) is 3.41. The minimum absolute atomic E-state index is 0.169. The first kappa shape index (κ1) is 14.8. The van der Waals surface area contributed by atoms with Gasteiger partial charge >= 0.3 is 6.43 Å². The summed E-state index contributed by atoms with van der Waals surface area (Å²) in [5, 5.41) is 2.54. The topological polar surface area (TPSA) is 49.4 Å². The van der Waals surface area contributed by atoms with E-state index in [1.807, 2.05) is 6.92 Å². The summed E-state index contributed by atoms with van der Waals surface area (Å²) in [6.45, 7) is 4.01. The van der Waals surface area contributed by atoms with Crippen LogP contribution >= 0.6 is 0 Å². The standard InChI is InChI=1S/C10H18F2N2O2/c1-3-5-13-8(15)7-14(6-4-2)10(16)9(11)12/h9H,3-7H2,1-2H3,(H,13,15). The summed E-state index contributed by atoms with van der Waals surface area (Å²) in [7, 11) is 0. The van der Waals surface area contributed by atoms with Gasteiger partial charge in [-0.05, 0) is 12.8 Å². The van der Waals surface area contributed by atoms with Crippen LogP contribution < -0.4 is 5.32 Å². The quantitative estimate of drug-likeness (QED) is 0.717. The third-order valence-electron chi connectivity index (χ3n) is 1.90. The average molecular weight is 236 g/mol. The SMILES string of the molecule is CCCNC(=O)CN(CCC)C(=O)C(F)F. The largest absolute Gasteiger partial charge is 0.355 e. The van der Waals surface area contributed by atoms with Crippen LogP contribution in [0.15, 0.2) is 0 Å². The van der Waals surface area contributed by atoms with Crippen molar-refractivity contribution in [3.63, 3.8) is 0 Å². The molecule has 4 nitrogen and oxygen atoms in total. The Morgan fingerprint density at radius 1 is 1.25 bits per heavy atom. The zero-order chi connectivity index (χ0) is 12.6. The molecule has 0 unspecified atom stereocenters. The highest BCUT2D eigenvalue weighted by Crippen LogP contribution is 2.01. The van der Waals surface area contributed by atoms with E-state index < -0.39 is 18.2 Å². The van der Waals surface area contributed by atoms with Crippen molar-refractivity contribution < 1.29 is 18.4 Å². The van der Waals surface area contributed by atoms with E-state index in [9.17, 15) is 18.4 Å². The molecule has 0 atom stereocenters. The van der Waals surface area contributed by atoms with Gasteiger partial charge in [0.2, 0.25) is 5.91 Å². The first-order valence-electron chi connectivity index (χ1n) is 5.36. The Balaban J connectivity index is 4.22. The monoisotopic (exact) mass is 236 g/mol. The van der Waals surface area contributed by atoms with E-state index in [1.165, 1.54) is 0 Å².